The Morgan fingerprint density at radius 3 is 2.85 bits per heavy atom. The fourth-order valence-electron chi connectivity index (χ4n) is 1.06. The first-order valence-corrected chi connectivity index (χ1v) is 3.98. The molecule has 0 unspecified atom stereocenters. The molecule has 0 aliphatic rings. The molecule has 0 atom stereocenters. The van der Waals surface area contributed by atoms with Crippen LogP contribution in [0.5, 0.6) is 0 Å². The van der Waals surface area contributed by atoms with Crippen LogP contribution in [0.2, 0.25) is 0 Å². The van der Waals surface area contributed by atoms with Gasteiger partial charge in [0.2, 0.25) is 5.91 Å². The highest BCUT2D eigenvalue weighted by Gasteiger charge is 2.00. The number of pyridine rings is 1. The van der Waals surface area contributed by atoms with Crippen molar-refractivity contribution in [2.24, 2.45) is 0 Å². The van der Waals surface area contributed by atoms with E-state index in [1.165, 1.54) is 6.92 Å². The first kappa shape index (κ1) is 9.67. The molecule has 0 radical (unpaired) electrons. The summed E-state index contributed by atoms with van der Waals surface area (Å²) >= 11 is 0. The van der Waals surface area contributed by atoms with Crippen molar-refractivity contribution in [1.82, 2.24) is 4.98 Å². The number of hydrogen-bond acceptors (Lipinski definition) is 3. The molecule has 0 saturated heterocycles. The molecule has 1 amide bonds. The number of rotatable bonds is 2. The molecule has 13 heavy (non-hydrogen) atoms. The van der Waals surface area contributed by atoms with Crippen molar-refractivity contribution in [3.63, 3.8) is 0 Å². The van der Waals surface area contributed by atoms with Gasteiger partial charge in [-0.3, -0.25) is 4.79 Å². The van der Waals surface area contributed by atoms with Crippen LogP contribution in [0.1, 0.15) is 18.2 Å². The Labute approximate surface area is 76.6 Å². The summed E-state index contributed by atoms with van der Waals surface area (Å²) in [5.74, 6) is 0.318. The van der Waals surface area contributed by atoms with Gasteiger partial charge in [0.25, 0.3) is 0 Å². The molecule has 4 nitrogen and oxygen atoms in total. The standard InChI is InChI=1S/C9H12N2O2/c1-6-3-8(5-12)11-9(4-6)10-7(2)13/h3-4,12H,5H2,1-2H3,(H,10,11,13). The maximum Gasteiger partial charge on any atom is 0.222 e. The Hall–Kier alpha value is -1.42. The lowest BCUT2D eigenvalue weighted by atomic mass is 10.2. The Kier molecular flexibility index (Phi) is 2.97. The summed E-state index contributed by atoms with van der Waals surface area (Å²) in [4.78, 5) is 14.7. The number of anilines is 1. The average Bonchev–Trinajstić information content (AvgIpc) is 2.01. The lowest BCUT2D eigenvalue weighted by Crippen LogP contribution is -2.08. The van der Waals surface area contributed by atoms with Gasteiger partial charge in [-0.1, -0.05) is 0 Å². The van der Waals surface area contributed by atoms with Gasteiger partial charge in [0.15, 0.2) is 0 Å². The molecule has 0 saturated carbocycles. The maximum atomic E-state index is 10.7. The number of carbonyl (C=O) groups excluding carboxylic acids is 1. The van der Waals surface area contributed by atoms with Crippen molar-refractivity contribution in [3.8, 4) is 0 Å². The van der Waals surface area contributed by atoms with E-state index in [1.54, 1.807) is 12.1 Å². The van der Waals surface area contributed by atoms with Gasteiger partial charge in [0.05, 0.1) is 12.3 Å². The summed E-state index contributed by atoms with van der Waals surface area (Å²) in [5.41, 5.74) is 1.52. The first-order valence-electron chi connectivity index (χ1n) is 3.98. The maximum absolute atomic E-state index is 10.7. The number of hydrogen-bond donors (Lipinski definition) is 2. The van der Waals surface area contributed by atoms with Crippen molar-refractivity contribution < 1.29 is 9.90 Å². The van der Waals surface area contributed by atoms with Crippen LogP contribution in [0.4, 0.5) is 5.82 Å². The van der Waals surface area contributed by atoms with Crippen LogP contribution in [-0.4, -0.2) is 16.0 Å². The highest BCUT2D eigenvalue weighted by Crippen LogP contribution is 2.09. The number of carbonyl (C=O) groups is 1. The summed E-state index contributed by atoms with van der Waals surface area (Å²) in [6.07, 6.45) is 0. The number of aliphatic hydroxyl groups is 1. The van der Waals surface area contributed by atoms with E-state index in [4.69, 9.17) is 5.11 Å². The monoisotopic (exact) mass is 180 g/mol. The van der Waals surface area contributed by atoms with E-state index in [2.05, 4.69) is 10.3 Å². The number of nitrogens with zero attached hydrogens (tertiary/aromatic N) is 1. The van der Waals surface area contributed by atoms with Crippen LogP contribution in [0.25, 0.3) is 0 Å². The third-order valence-corrected chi connectivity index (χ3v) is 1.49. The van der Waals surface area contributed by atoms with Gasteiger partial charge >= 0.3 is 0 Å². The van der Waals surface area contributed by atoms with E-state index in [1.807, 2.05) is 6.92 Å². The molecule has 1 aromatic rings. The molecule has 1 heterocycles. The molecule has 4 heteroatoms. The van der Waals surface area contributed by atoms with Crippen LogP contribution in [-0.2, 0) is 11.4 Å². The third kappa shape index (κ3) is 2.83. The van der Waals surface area contributed by atoms with Gasteiger partial charge in [-0.15, -0.1) is 0 Å². The predicted molar refractivity (Wildman–Crippen MR) is 49.2 cm³/mol. The molecule has 0 aliphatic carbocycles. The van der Waals surface area contributed by atoms with Crippen molar-refractivity contribution in [2.45, 2.75) is 20.5 Å². The number of nitrogens with one attached hydrogen (secondary N) is 1. The SMILES string of the molecule is CC(=O)Nc1cc(C)cc(CO)n1. The second-order valence-corrected chi connectivity index (χ2v) is 2.86. The second kappa shape index (κ2) is 4.00. The summed E-state index contributed by atoms with van der Waals surface area (Å²) in [6, 6.07) is 3.52. The zero-order valence-electron chi connectivity index (χ0n) is 7.66. The van der Waals surface area contributed by atoms with Crippen LogP contribution in [0.15, 0.2) is 12.1 Å². The Morgan fingerprint density at radius 2 is 2.31 bits per heavy atom. The van der Waals surface area contributed by atoms with Crippen LogP contribution in [0, 0.1) is 6.92 Å². The van der Waals surface area contributed by atoms with Crippen LogP contribution >= 0.6 is 0 Å². The van der Waals surface area contributed by atoms with E-state index >= 15 is 0 Å². The van der Waals surface area contributed by atoms with Gasteiger partial charge in [-0.05, 0) is 24.6 Å². The normalized spacial score (nSPS) is 9.77. The van der Waals surface area contributed by atoms with Gasteiger partial charge in [0, 0.05) is 6.92 Å². The van der Waals surface area contributed by atoms with Gasteiger partial charge in [-0.25, -0.2) is 4.98 Å². The fourth-order valence-corrected chi connectivity index (χ4v) is 1.06. The molecule has 1 rings (SSSR count). The van der Waals surface area contributed by atoms with Crippen molar-refractivity contribution >= 4 is 11.7 Å². The predicted octanol–water partition coefficient (Wildman–Crippen LogP) is 0.841. The summed E-state index contributed by atoms with van der Waals surface area (Å²) < 4.78 is 0. The Morgan fingerprint density at radius 1 is 1.62 bits per heavy atom. The molecule has 0 aromatic carbocycles. The summed E-state index contributed by atoms with van der Waals surface area (Å²) in [6.45, 7) is 3.18. The molecule has 0 aliphatic heterocycles. The summed E-state index contributed by atoms with van der Waals surface area (Å²) in [5, 5.41) is 11.4. The summed E-state index contributed by atoms with van der Waals surface area (Å²) in [7, 11) is 0. The van der Waals surface area contributed by atoms with E-state index in [0.717, 1.165) is 5.56 Å². The second-order valence-electron chi connectivity index (χ2n) is 2.86. The average molecular weight is 180 g/mol. The van der Waals surface area contributed by atoms with Gasteiger partial charge in [0.1, 0.15) is 5.82 Å². The molecule has 70 valence electrons. The number of amides is 1. The fraction of sp³-hybridized carbons (Fsp3) is 0.333. The molecule has 1 aromatic heterocycles. The van der Waals surface area contributed by atoms with E-state index < -0.39 is 0 Å². The zero-order valence-corrected chi connectivity index (χ0v) is 7.66. The quantitative estimate of drug-likeness (QED) is 0.709. The minimum absolute atomic E-state index is 0.117. The highest BCUT2D eigenvalue weighted by molar-refractivity contribution is 5.87. The first-order chi connectivity index (χ1) is 6.11. The minimum atomic E-state index is -0.165. The topological polar surface area (TPSA) is 62.2 Å². The molecule has 0 fully saturated rings. The number of aliphatic hydroxyl groups excluding tert-OH is 1. The molecule has 2 N–H and O–H groups in total. The van der Waals surface area contributed by atoms with Gasteiger partial charge < -0.3 is 10.4 Å². The third-order valence-electron chi connectivity index (χ3n) is 1.49. The van der Waals surface area contributed by atoms with Gasteiger partial charge in [-0.2, -0.15) is 0 Å². The van der Waals surface area contributed by atoms with Crippen molar-refractivity contribution in [3.05, 3.63) is 23.4 Å². The molecule has 0 spiro atoms. The van der Waals surface area contributed by atoms with E-state index in [-0.39, 0.29) is 12.5 Å². The van der Waals surface area contributed by atoms with E-state index in [9.17, 15) is 4.79 Å². The lowest BCUT2D eigenvalue weighted by molar-refractivity contribution is -0.114. The van der Waals surface area contributed by atoms with Crippen LogP contribution in [0.3, 0.4) is 0 Å². The Balaban J connectivity index is 2.94. The molecular formula is C9H12N2O2. The highest BCUT2D eigenvalue weighted by atomic mass is 16.3. The smallest absolute Gasteiger partial charge is 0.222 e. The lowest BCUT2D eigenvalue weighted by Gasteiger charge is -2.04. The minimum Gasteiger partial charge on any atom is -0.390 e. The largest absolute Gasteiger partial charge is 0.390 e. The van der Waals surface area contributed by atoms with Crippen LogP contribution < -0.4 is 5.32 Å². The zero-order chi connectivity index (χ0) is 9.84. The van der Waals surface area contributed by atoms with Crippen molar-refractivity contribution in [2.75, 3.05) is 5.32 Å². The van der Waals surface area contributed by atoms with Crippen molar-refractivity contribution in [1.29, 1.82) is 0 Å². The van der Waals surface area contributed by atoms with E-state index in [0.29, 0.717) is 11.5 Å². The number of aromatic nitrogens is 1. The Bertz CT molecular complexity index is 323. The number of aryl methyl sites for hydroxylation is 1. The molecular weight excluding hydrogens is 168 g/mol. The molecule has 0 bridgehead atoms.